The van der Waals surface area contributed by atoms with Gasteiger partial charge in [0.2, 0.25) is 5.91 Å². The third-order valence-electron chi connectivity index (χ3n) is 10.3. The molecule has 0 bridgehead atoms. The molecule has 1 N–H and O–H groups in total. The topological polar surface area (TPSA) is 153 Å². The van der Waals surface area contributed by atoms with Crippen molar-refractivity contribution < 1.29 is 52.4 Å². The lowest BCUT2D eigenvalue weighted by Crippen LogP contribution is -2.66. The Labute approximate surface area is 338 Å². The Morgan fingerprint density at radius 1 is 0.518 bits per heavy atom. The number of rotatable bonds is 34. The Morgan fingerprint density at radius 2 is 0.911 bits per heavy atom. The molecule has 0 saturated carbocycles. The van der Waals surface area contributed by atoms with Crippen molar-refractivity contribution in [1.82, 2.24) is 5.32 Å². The van der Waals surface area contributed by atoms with Gasteiger partial charge in [0.05, 0.1) is 6.61 Å². The maximum absolute atomic E-state index is 13.3. The fraction of sp³-hybridized carbons (Fsp3) is 0.886. The summed E-state index contributed by atoms with van der Waals surface area (Å²) in [6.07, 6.45) is 24.0. The summed E-state index contributed by atoms with van der Waals surface area (Å²) < 4.78 is 33.5. The van der Waals surface area contributed by atoms with Gasteiger partial charge in [-0.05, 0) is 18.8 Å². The zero-order chi connectivity index (χ0) is 41.4. The second-order valence-corrected chi connectivity index (χ2v) is 15.7. The van der Waals surface area contributed by atoms with Crippen molar-refractivity contribution in [2.45, 2.75) is 226 Å². The van der Waals surface area contributed by atoms with Crippen molar-refractivity contribution in [3.8, 4) is 0 Å². The minimum Gasteiger partial charge on any atom is -0.463 e. The quantitative estimate of drug-likeness (QED) is 0.0377. The highest BCUT2D eigenvalue weighted by atomic mass is 16.7. The van der Waals surface area contributed by atoms with Crippen molar-refractivity contribution in [3.63, 3.8) is 0 Å². The summed E-state index contributed by atoms with van der Waals surface area (Å²) >= 11 is 0. The smallest absolute Gasteiger partial charge is 0.303 e. The van der Waals surface area contributed by atoms with Crippen LogP contribution in [0.1, 0.15) is 196 Å². The first-order valence-corrected chi connectivity index (χ1v) is 22.2. The van der Waals surface area contributed by atoms with Crippen LogP contribution in [0.2, 0.25) is 0 Å². The summed E-state index contributed by atoms with van der Waals surface area (Å²) in [5.41, 5.74) is 0. The monoisotopic (exact) mass is 798 g/mol. The molecule has 1 saturated heterocycles. The van der Waals surface area contributed by atoms with Crippen LogP contribution in [0.25, 0.3) is 0 Å². The third kappa shape index (κ3) is 26.2. The molecule has 1 unspecified atom stereocenters. The molecule has 0 aromatic rings. The Kier molecular flexibility index (Phi) is 30.5. The molecule has 0 spiro atoms. The standard InChI is InChI=1S/C44H79NO11/c1-7-9-11-13-15-17-19-20-22-24-26-28-30-38(29-27-25-23-21-18-16-14-12-10-8-2)31-51-33-40(50)45-44-43(55-37(6)49)42(54-36(5)48)41(53-35(4)47)39(56-44)32-52-34(3)46/h38-39,41-44H,7-33H2,1-6H3,(H,45,50)/t38?,39-,41-,42+,43-,44-/m1/s1. The van der Waals surface area contributed by atoms with Gasteiger partial charge >= 0.3 is 23.9 Å². The van der Waals surface area contributed by atoms with Gasteiger partial charge in [0.25, 0.3) is 0 Å². The minimum absolute atomic E-state index is 0.264. The van der Waals surface area contributed by atoms with Gasteiger partial charge < -0.3 is 33.7 Å². The summed E-state index contributed by atoms with van der Waals surface area (Å²) in [6.45, 7) is 8.97. The van der Waals surface area contributed by atoms with Crippen LogP contribution in [-0.2, 0) is 52.4 Å². The molecule has 1 heterocycles. The lowest BCUT2D eigenvalue weighted by molar-refractivity contribution is -0.257. The van der Waals surface area contributed by atoms with Gasteiger partial charge in [-0.15, -0.1) is 0 Å². The number of carbonyl (C=O) groups is 5. The number of amides is 1. The Bertz CT molecular complexity index is 1070. The SMILES string of the molecule is CCCCCCCCCCCCCCC(CCCCCCCCCCCC)COCC(=O)N[C@@H]1O[C@H](COC(C)=O)[C@@H](OC(C)=O)[C@H](OC(C)=O)[C@H]1OC(C)=O. The predicted molar refractivity (Wildman–Crippen MR) is 217 cm³/mol. The second-order valence-electron chi connectivity index (χ2n) is 15.7. The van der Waals surface area contributed by atoms with Crippen LogP contribution in [0.4, 0.5) is 0 Å². The van der Waals surface area contributed by atoms with Gasteiger partial charge in [-0.3, -0.25) is 24.0 Å². The zero-order valence-corrected chi connectivity index (χ0v) is 36.0. The summed E-state index contributed by atoms with van der Waals surface area (Å²) in [7, 11) is 0. The van der Waals surface area contributed by atoms with E-state index in [2.05, 4.69) is 19.2 Å². The molecule has 12 heteroatoms. The van der Waals surface area contributed by atoms with Crippen molar-refractivity contribution in [2.75, 3.05) is 19.8 Å². The Balaban J connectivity index is 2.78. The van der Waals surface area contributed by atoms with Gasteiger partial charge in [-0.2, -0.15) is 0 Å². The Hall–Kier alpha value is -2.73. The van der Waals surface area contributed by atoms with Crippen molar-refractivity contribution in [1.29, 1.82) is 0 Å². The fourth-order valence-corrected chi connectivity index (χ4v) is 7.37. The van der Waals surface area contributed by atoms with Gasteiger partial charge in [-0.25, -0.2) is 0 Å². The summed E-state index contributed by atoms with van der Waals surface area (Å²) in [4.78, 5) is 61.2. The zero-order valence-electron chi connectivity index (χ0n) is 36.0. The number of hydrogen-bond acceptors (Lipinski definition) is 11. The molecule has 1 aliphatic rings. The highest BCUT2D eigenvalue weighted by Gasteiger charge is 2.52. The van der Waals surface area contributed by atoms with Crippen LogP contribution in [0.15, 0.2) is 0 Å². The van der Waals surface area contributed by atoms with Crippen LogP contribution in [-0.4, -0.2) is 80.2 Å². The molecular formula is C44H79NO11. The van der Waals surface area contributed by atoms with Crippen LogP contribution in [0, 0.1) is 5.92 Å². The van der Waals surface area contributed by atoms with Crippen LogP contribution < -0.4 is 5.32 Å². The molecular weight excluding hydrogens is 718 g/mol. The molecule has 1 amide bonds. The van der Waals surface area contributed by atoms with E-state index in [1.54, 1.807) is 0 Å². The van der Waals surface area contributed by atoms with Crippen molar-refractivity contribution in [2.24, 2.45) is 5.92 Å². The number of hydrogen-bond donors (Lipinski definition) is 1. The number of nitrogens with one attached hydrogen (secondary N) is 1. The van der Waals surface area contributed by atoms with E-state index in [1.165, 1.54) is 135 Å². The molecule has 12 nitrogen and oxygen atoms in total. The molecule has 0 aliphatic carbocycles. The van der Waals surface area contributed by atoms with Crippen LogP contribution >= 0.6 is 0 Å². The number of esters is 4. The summed E-state index contributed by atoms with van der Waals surface area (Å²) in [6, 6.07) is 0. The molecule has 0 radical (unpaired) electrons. The van der Waals surface area contributed by atoms with Crippen molar-refractivity contribution >= 4 is 29.8 Å². The first-order chi connectivity index (χ1) is 27.0. The van der Waals surface area contributed by atoms with E-state index in [9.17, 15) is 24.0 Å². The molecule has 1 aliphatic heterocycles. The highest BCUT2D eigenvalue weighted by Crippen LogP contribution is 2.29. The fourth-order valence-electron chi connectivity index (χ4n) is 7.37. The van der Waals surface area contributed by atoms with Crippen LogP contribution in [0.3, 0.4) is 0 Å². The maximum atomic E-state index is 13.3. The van der Waals surface area contributed by atoms with Gasteiger partial charge in [0, 0.05) is 27.7 Å². The van der Waals surface area contributed by atoms with E-state index in [4.69, 9.17) is 28.4 Å². The minimum atomic E-state index is -1.37. The molecule has 326 valence electrons. The largest absolute Gasteiger partial charge is 0.463 e. The van der Waals surface area contributed by atoms with E-state index in [1.807, 2.05) is 0 Å². The van der Waals surface area contributed by atoms with E-state index >= 15 is 0 Å². The average molecular weight is 798 g/mol. The van der Waals surface area contributed by atoms with Gasteiger partial charge in [0.15, 0.2) is 24.5 Å². The third-order valence-corrected chi connectivity index (χ3v) is 10.3. The number of unbranched alkanes of at least 4 members (excludes halogenated alkanes) is 20. The van der Waals surface area contributed by atoms with E-state index < -0.39 is 60.4 Å². The lowest BCUT2D eigenvalue weighted by Gasteiger charge is -2.44. The van der Waals surface area contributed by atoms with E-state index in [0.29, 0.717) is 12.5 Å². The predicted octanol–water partition coefficient (Wildman–Crippen LogP) is 9.22. The van der Waals surface area contributed by atoms with E-state index in [0.717, 1.165) is 46.5 Å². The molecule has 0 aromatic carbocycles. The molecule has 1 rings (SSSR count). The number of ether oxygens (including phenoxy) is 6. The van der Waals surface area contributed by atoms with Crippen molar-refractivity contribution in [3.05, 3.63) is 0 Å². The molecule has 1 fully saturated rings. The summed E-state index contributed by atoms with van der Waals surface area (Å²) in [5.74, 6) is -3.02. The molecule has 0 aromatic heterocycles. The van der Waals surface area contributed by atoms with Crippen LogP contribution in [0.5, 0.6) is 0 Å². The van der Waals surface area contributed by atoms with Gasteiger partial charge in [0.1, 0.15) is 19.3 Å². The Morgan fingerprint density at radius 3 is 1.32 bits per heavy atom. The van der Waals surface area contributed by atoms with E-state index in [-0.39, 0.29) is 13.2 Å². The average Bonchev–Trinajstić information content (AvgIpc) is 3.13. The second kappa shape index (κ2) is 33.3. The first kappa shape index (κ1) is 51.3. The molecule has 6 atom stereocenters. The highest BCUT2D eigenvalue weighted by molar-refractivity contribution is 5.77. The molecule has 56 heavy (non-hydrogen) atoms. The first-order valence-electron chi connectivity index (χ1n) is 22.2. The number of carbonyl (C=O) groups excluding carboxylic acids is 5. The summed E-state index contributed by atoms with van der Waals surface area (Å²) in [5, 5.41) is 2.69. The maximum Gasteiger partial charge on any atom is 0.303 e. The van der Waals surface area contributed by atoms with Gasteiger partial charge in [-0.1, -0.05) is 155 Å². The normalized spacial score (nSPS) is 19.9. The lowest BCUT2D eigenvalue weighted by atomic mass is 9.94.